The molecular formula is C19H26. The molecule has 19 heavy (non-hydrogen) atoms. The zero-order valence-electron chi connectivity index (χ0n) is 12.8. The maximum absolute atomic E-state index is 2.31. The molecule has 0 saturated heterocycles. The molecule has 0 radical (unpaired) electrons. The van der Waals surface area contributed by atoms with Crippen molar-refractivity contribution < 1.29 is 0 Å². The maximum atomic E-state index is 2.31. The lowest BCUT2D eigenvalue weighted by Gasteiger charge is -2.19. The monoisotopic (exact) mass is 254 g/mol. The smallest absolute Gasteiger partial charge is 0.0269 e. The summed E-state index contributed by atoms with van der Waals surface area (Å²) in [4.78, 5) is 0. The first-order chi connectivity index (χ1) is 9.28. The van der Waals surface area contributed by atoms with E-state index in [1.54, 1.807) is 22.3 Å². The van der Waals surface area contributed by atoms with Crippen LogP contribution in [0.25, 0.3) is 0 Å². The summed E-state index contributed by atoms with van der Waals surface area (Å²) in [6.45, 7) is 9.24. The van der Waals surface area contributed by atoms with Crippen LogP contribution >= 0.6 is 0 Å². The van der Waals surface area contributed by atoms with E-state index in [2.05, 4.69) is 58.0 Å². The van der Waals surface area contributed by atoms with E-state index >= 15 is 0 Å². The van der Waals surface area contributed by atoms with Crippen molar-refractivity contribution in [3.05, 3.63) is 58.2 Å². The van der Waals surface area contributed by atoms with Gasteiger partial charge in [0.05, 0.1) is 0 Å². The average molecular weight is 254 g/mol. The molecule has 1 aromatic carbocycles. The van der Waals surface area contributed by atoms with E-state index in [0.717, 1.165) is 0 Å². The van der Waals surface area contributed by atoms with Crippen LogP contribution in [0.1, 0.15) is 64.9 Å². The number of rotatable bonds is 5. The third-order valence-corrected chi connectivity index (χ3v) is 4.44. The first-order valence-corrected chi connectivity index (χ1v) is 7.77. The van der Waals surface area contributed by atoms with E-state index in [0.29, 0.717) is 5.92 Å². The second-order valence-corrected chi connectivity index (χ2v) is 5.27. The van der Waals surface area contributed by atoms with E-state index in [4.69, 9.17) is 0 Å². The SMILES string of the molecule is CCC1=C(CC)C(c2ccccc2)C(CC)=C1CC. The van der Waals surface area contributed by atoms with Crippen molar-refractivity contribution >= 4 is 0 Å². The van der Waals surface area contributed by atoms with Gasteiger partial charge in [-0.3, -0.25) is 0 Å². The van der Waals surface area contributed by atoms with Crippen LogP contribution in [0.2, 0.25) is 0 Å². The molecule has 2 rings (SSSR count). The first kappa shape index (κ1) is 14.1. The van der Waals surface area contributed by atoms with Crippen molar-refractivity contribution in [1.29, 1.82) is 0 Å². The summed E-state index contributed by atoms with van der Waals surface area (Å²) >= 11 is 0. The van der Waals surface area contributed by atoms with Crippen LogP contribution < -0.4 is 0 Å². The van der Waals surface area contributed by atoms with Crippen molar-refractivity contribution in [2.75, 3.05) is 0 Å². The van der Waals surface area contributed by atoms with Gasteiger partial charge in [0.2, 0.25) is 0 Å². The molecule has 0 atom stereocenters. The highest BCUT2D eigenvalue weighted by Gasteiger charge is 2.30. The van der Waals surface area contributed by atoms with E-state index < -0.39 is 0 Å². The Balaban J connectivity index is 2.57. The van der Waals surface area contributed by atoms with Gasteiger partial charge >= 0.3 is 0 Å². The van der Waals surface area contributed by atoms with E-state index in [1.807, 2.05) is 0 Å². The third-order valence-electron chi connectivity index (χ3n) is 4.44. The summed E-state index contributed by atoms with van der Waals surface area (Å²) in [7, 11) is 0. The number of hydrogen-bond acceptors (Lipinski definition) is 0. The molecule has 0 heterocycles. The molecule has 1 aromatic rings. The Kier molecular flexibility index (Phi) is 4.63. The molecule has 0 nitrogen and oxygen atoms in total. The fourth-order valence-electron chi connectivity index (χ4n) is 3.71. The standard InChI is InChI=1S/C19H26/c1-5-15-16(6-2)18(8-4)19(17(15)7-3)14-12-10-9-11-13-14/h9-13,19H,5-8H2,1-4H3. The molecule has 0 spiro atoms. The second-order valence-electron chi connectivity index (χ2n) is 5.27. The Morgan fingerprint density at radius 3 is 1.53 bits per heavy atom. The molecule has 0 aliphatic heterocycles. The second kappa shape index (κ2) is 6.23. The largest absolute Gasteiger partial charge is 0.0622 e. The molecule has 0 bridgehead atoms. The fourth-order valence-corrected chi connectivity index (χ4v) is 3.71. The fraction of sp³-hybridized carbons (Fsp3) is 0.474. The lowest BCUT2D eigenvalue weighted by atomic mass is 9.85. The van der Waals surface area contributed by atoms with Gasteiger partial charge in [-0.2, -0.15) is 0 Å². The number of benzene rings is 1. The van der Waals surface area contributed by atoms with Gasteiger partial charge in [-0.25, -0.2) is 0 Å². The lowest BCUT2D eigenvalue weighted by Crippen LogP contribution is -2.02. The zero-order valence-corrected chi connectivity index (χ0v) is 12.8. The van der Waals surface area contributed by atoms with Gasteiger partial charge in [0.15, 0.2) is 0 Å². The molecule has 1 aliphatic rings. The minimum atomic E-state index is 0.557. The molecule has 102 valence electrons. The highest BCUT2D eigenvalue weighted by molar-refractivity contribution is 5.56. The Morgan fingerprint density at radius 2 is 1.16 bits per heavy atom. The van der Waals surface area contributed by atoms with Crippen molar-refractivity contribution in [1.82, 2.24) is 0 Å². The molecule has 0 fully saturated rings. The molecule has 0 heteroatoms. The summed E-state index contributed by atoms with van der Waals surface area (Å²) in [5.41, 5.74) is 8.11. The van der Waals surface area contributed by atoms with E-state index in [1.165, 1.54) is 31.2 Å². The molecule has 0 unspecified atom stereocenters. The topological polar surface area (TPSA) is 0 Å². The van der Waals surface area contributed by atoms with Crippen LogP contribution in [-0.4, -0.2) is 0 Å². The summed E-state index contributed by atoms with van der Waals surface area (Å²) in [6.07, 6.45) is 4.71. The minimum absolute atomic E-state index is 0.557. The Hall–Kier alpha value is -1.30. The molecular weight excluding hydrogens is 228 g/mol. The van der Waals surface area contributed by atoms with Gasteiger partial charge < -0.3 is 0 Å². The predicted octanol–water partition coefficient (Wildman–Crippen LogP) is 6.02. The van der Waals surface area contributed by atoms with Crippen molar-refractivity contribution in [3.8, 4) is 0 Å². The average Bonchev–Trinajstić information content (AvgIpc) is 2.80. The van der Waals surface area contributed by atoms with Crippen LogP contribution in [0, 0.1) is 0 Å². The lowest BCUT2D eigenvalue weighted by molar-refractivity contribution is 0.830. The van der Waals surface area contributed by atoms with Crippen LogP contribution in [0.4, 0.5) is 0 Å². The van der Waals surface area contributed by atoms with Gasteiger partial charge in [-0.1, -0.05) is 69.2 Å². The van der Waals surface area contributed by atoms with Gasteiger partial charge in [0.25, 0.3) is 0 Å². The summed E-state index contributed by atoms with van der Waals surface area (Å²) in [6, 6.07) is 11.0. The zero-order chi connectivity index (χ0) is 13.8. The quantitative estimate of drug-likeness (QED) is 0.603. The van der Waals surface area contributed by atoms with Crippen LogP contribution in [0.15, 0.2) is 52.6 Å². The third kappa shape index (κ3) is 2.41. The van der Waals surface area contributed by atoms with E-state index in [9.17, 15) is 0 Å². The minimum Gasteiger partial charge on any atom is -0.0622 e. The van der Waals surface area contributed by atoms with Gasteiger partial charge in [0.1, 0.15) is 0 Å². The van der Waals surface area contributed by atoms with Crippen LogP contribution in [0.3, 0.4) is 0 Å². The van der Waals surface area contributed by atoms with Crippen molar-refractivity contribution in [2.24, 2.45) is 0 Å². The van der Waals surface area contributed by atoms with Crippen molar-refractivity contribution in [2.45, 2.75) is 59.3 Å². The molecule has 0 aromatic heterocycles. The number of allylic oxidation sites excluding steroid dienone is 4. The Morgan fingerprint density at radius 1 is 0.684 bits per heavy atom. The highest BCUT2D eigenvalue weighted by Crippen LogP contribution is 2.48. The highest BCUT2D eigenvalue weighted by atomic mass is 14.3. The Labute approximate surface area is 118 Å². The predicted molar refractivity (Wildman–Crippen MR) is 84.4 cm³/mol. The van der Waals surface area contributed by atoms with E-state index in [-0.39, 0.29) is 0 Å². The normalized spacial score (nSPS) is 16.6. The van der Waals surface area contributed by atoms with Crippen LogP contribution in [0.5, 0.6) is 0 Å². The van der Waals surface area contributed by atoms with Crippen molar-refractivity contribution in [3.63, 3.8) is 0 Å². The summed E-state index contributed by atoms with van der Waals surface area (Å²) < 4.78 is 0. The Bertz CT molecular complexity index is 460. The summed E-state index contributed by atoms with van der Waals surface area (Å²) in [5, 5.41) is 0. The summed E-state index contributed by atoms with van der Waals surface area (Å²) in [5.74, 6) is 0.557. The molecule has 1 aliphatic carbocycles. The van der Waals surface area contributed by atoms with Gasteiger partial charge in [-0.15, -0.1) is 0 Å². The van der Waals surface area contributed by atoms with Gasteiger partial charge in [-0.05, 0) is 42.4 Å². The molecule has 0 amide bonds. The number of hydrogen-bond donors (Lipinski definition) is 0. The molecule has 0 N–H and O–H groups in total. The molecule has 0 saturated carbocycles. The van der Waals surface area contributed by atoms with Crippen LogP contribution in [-0.2, 0) is 0 Å². The van der Waals surface area contributed by atoms with Gasteiger partial charge in [0, 0.05) is 5.92 Å². The first-order valence-electron chi connectivity index (χ1n) is 7.77. The maximum Gasteiger partial charge on any atom is 0.0269 e.